The Morgan fingerprint density at radius 2 is 1.66 bits per heavy atom. The fourth-order valence-corrected chi connectivity index (χ4v) is 6.82. The molecule has 0 spiro atoms. The summed E-state index contributed by atoms with van der Waals surface area (Å²) in [6.45, 7) is 3.78. The number of benzene rings is 2. The number of amides is 1. The number of halogens is 1. The van der Waals surface area contributed by atoms with Crippen LogP contribution in [0.25, 0.3) is 0 Å². The number of hydrogen-bond donors (Lipinski definition) is 1. The molecule has 2 heterocycles. The average molecular weight is 417 g/mol. The molecule has 0 radical (unpaired) electrons. The molecule has 7 heteroatoms. The Labute approximate surface area is 171 Å². The van der Waals surface area contributed by atoms with Crippen molar-refractivity contribution in [2.24, 2.45) is 0 Å². The number of sulfonamides is 1. The minimum absolute atomic E-state index is 0.0874. The zero-order chi connectivity index (χ0) is 20.8. The van der Waals surface area contributed by atoms with Crippen LogP contribution in [-0.2, 0) is 10.0 Å². The molecule has 1 amide bonds. The van der Waals surface area contributed by atoms with Crippen LogP contribution in [0.3, 0.4) is 0 Å². The third-order valence-corrected chi connectivity index (χ3v) is 8.16. The van der Waals surface area contributed by atoms with E-state index in [0.717, 1.165) is 24.0 Å². The number of rotatable bonds is 4. The van der Waals surface area contributed by atoms with Crippen molar-refractivity contribution in [2.45, 2.75) is 62.6 Å². The lowest BCUT2D eigenvalue weighted by Gasteiger charge is -2.38. The average Bonchev–Trinajstić information content (AvgIpc) is 2.94. The lowest BCUT2D eigenvalue weighted by atomic mass is 9.99. The molecule has 2 aromatic carbocycles. The van der Waals surface area contributed by atoms with Crippen LogP contribution in [0.2, 0.25) is 0 Å². The smallest absolute Gasteiger partial charge is 0.251 e. The minimum Gasteiger partial charge on any atom is -0.349 e. The van der Waals surface area contributed by atoms with Gasteiger partial charge < -0.3 is 5.32 Å². The van der Waals surface area contributed by atoms with Gasteiger partial charge in [0.2, 0.25) is 10.0 Å². The van der Waals surface area contributed by atoms with E-state index in [0.29, 0.717) is 23.3 Å². The largest absolute Gasteiger partial charge is 0.349 e. The Balaban J connectivity index is 1.50. The molecule has 2 fully saturated rings. The van der Waals surface area contributed by atoms with Crippen LogP contribution >= 0.6 is 0 Å². The molecule has 1 unspecified atom stereocenters. The molecule has 2 saturated heterocycles. The predicted octanol–water partition coefficient (Wildman–Crippen LogP) is 3.56. The van der Waals surface area contributed by atoms with Gasteiger partial charge in [0, 0.05) is 23.7 Å². The van der Waals surface area contributed by atoms with E-state index in [1.54, 1.807) is 10.4 Å². The molecule has 1 N–H and O–H groups in total. The van der Waals surface area contributed by atoms with Crippen molar-refractivity contribution in [1.82, 2.24) is 9.62 Å². The van der Waals surface area contributed by atoms with E-state index in [1.807, 2.05) is 26.0 Å². The first kappa shape index (κ1) is 20.0. The summed E-state index contributed by atoms with van der Waals surface area (Å²) in [5.41, 5.74) is 2.20. The van der Waals surface area contributed by atoms with Crippen molar-refractivity contribution in [1.29, 1.82) is 0 Å². The number of carbonyl (C=O) groups excluding carboxylic acids is 1. The third-order valence-electron chi connectivity index (χ3n) is 5.99. The van der Waals surface area contributed by atoms with E-state index in [4.69, 9.17) is 0 Å². The van der Waals surface area contributed by atoms with E-state index in [1.165, 1.54) is 24.3 Å². The third kappa shape index (κ3) is 3.81. The Morgan fingerprint density at radius 3 is 2.24 bits per heavy atom. The van der Waals surface area contributed by atoms with Crippen LogP contribution in [0.5, 0.6) is 0 Å². The minimum atomic E-state index is -3.58. The predicted molar refractivity (Wildman–Crippen MR) is 109 cm³/mol. The van der Waals surface area contributed by atoms with Gasteiger partial charge in [-0.15, -0.1) is 0 Å². The first-order valence-corrected chi connectivity index (χ1v) is 11.4. The molecule has 4 rings (SSSR count). The maximum absolute atomic E-state index is 13.4. The van der Waals surface area contributed by atoms with Gasteiger partial charge >= 0.3 is 0 Å². The zero-order valence-electron chi connectivity index (χ0n) is 16.6. The van der Waals surface area contributed by atoms with Gasteiger partial charge in [0.25, 0.3) is 5.91 Å². The van der Waals surface area contributed by atoms with E-state index in [2.05, 4.69) is 5.32 Å². The highest BCUT2D eigenvalue weighted by atomic mass is 32.2. The van der Waals surface area contributed by atoms with Crippen molar-refractivity contribution in [3.05, 3.63) is 65.0 Å². The Morgan fingerprint density at radius 1 is 1.03 bits per heavy atom. The van der Waals surface area contributed by atoms with Crippen molar-refractivity contribution < 1.29 is 17.6 Å². The molecule has 2 aromatic rings. The quantitative estimate of drug-likeness (QED) is 0.829. The van der Waals surface area contributed by atoms with Gasteiger partial charge in [0.1, 0.15) is 5.82 Å². The van der Waals surface area contributed by atoms with Gasteiger partial charge in [-0.1, -0.05) is 17.7 Å². The van der Waals surface area contributed by atoms with Crippen LogP contribution in [0.4, 0.5) is 4.39 Å². The number of nitrogens with zero attached hydrogens (tertiary/aromatic N) is 1. The molecule has 154 valence electrons. The highest BCUT2D eigenvalue weighted by Crippen LogP contribution is 2.40. The second-order valence-corrected chi connectivity index (χ2v) is 9.95. The monoisotopic (exact) mass is 416 g/mol. The van der Waals surface area contributed by atoms with Gasteiger partial charge in [-0.05, 0) is 75.4 Å². The second-order valence-electron chi connectivity index (χ2n) is 8.14. The maximum atomic E-state index is 13.4. The lowest BCUT2D eigenvalue weighted by Crippen LogP contribution is -2.52. The number of fused-ring (bicyclic) bond motifs is 2. The summed E-state index contributed by atoms with van der Waals surface area (Å²) in [5, 5.41) is 3.00. The molecule has 2 aliphatic heterocycles. The van der Waals surface area contributed by atoms with E-state index < -0.39 is 10.0 Å². The number of nitrogens with one attached hydrogen (secondary N) is 1. The fourth-order valence-electron chi connectivity index (χ4n) is 4.72. The summed E-state index contributed by atoms with van der Waals surface area (Å²) in [6.07, 6.45) is 2.79. The van der Waals surface area contributed by atoms with Crippen LogP contribution in [0, 0.1) is 19.7 Å². The highest BCUT2D eigenvalue weighted by Gasteiger charge is 2.47. The van der Waals surface area contributed by atoms with E-state index in [-0.39, 0.29) is 29.8 Å². The highest BCUT2D eigenvalue weighted by molar-refractivity contribution is 7.89. The molecule has 29 heavy (non-hydrogen) atoms. The molecule has 0 aromatic heterocycles. The number of aryl methyl sites for hydroxylation is 2. The van der Waals surface area contributed by atoms with Gasteiger partial charge in [0.15, 0.2) is 0 Å². The molecular weight excluding hydrogens is 391 g/mol. The standard InChI is InChI=1S/C22H25FN2O3S/c1-14-3-10-21(15(2)11-14)29(27,28)25-19-8-9-20(25)13-18(12-19)24-22(26)16-4-6-17(23)7-5-16/h3-7,10-11,18-20H,8-9,12-13H2,1-2H3,(H,24,26)/t18?,19-,20+. The van der Waals surface area contributed by atoms with Crippen LogP contribution in [0.1, 0.15) is 47.2 Å². The number of piperidine rings is 1. The fraction of sp³-hybridized carbons (Fsp3) is 0.409. The number of carbonyl (C=O) groups is 1. The molecule has 2 bridgehead atoms. The maximum Gasteiger partial charge on any atom is 0.251 e. The first-order valence-electron chi connectivity index (χ1n) is 9.93. The Bertz CT molecular complexity index is 1020. The normalized spacial score (nSPS) is 24.4. The molecular formula is C22H25FN2O3S. The first-order chi connectivity index (χ1) is 13.8. The van der Waals surface area contributed by atoms with Gasteiger partial charge in [-0.2, -0.15) is 4.31 Å². The van der Waals surface area contributed by atoms with Crippen molar-refractivity contribution >= 4 is 15.9 Å². The van der Waals surface area contributed by atoms with Gasteiger partial charge in [-0.25, -0.2) is 12.8 Å². The summed E-state index contributed by atoms with van der Waals surface area (Å²) < 4.78 is 41.5. The topological polar surface area (TPSA) is 66.5 Å². The van der Waals surface area contributed by atoms with Gasteiger partial charge in [-0.3, -0.25) is 4.79 Å². The molecule has 3 atom stereocenters. The second kappa shape index (κ2) is 7.54. The molecule has 0 saturated carbocycles. The van der Waals surface area contributed by atoms with Gasteiger partial charge in [0.05, 0.1) is 4.90 Å². The van der Waals surface area contributed by atoms with E-state index in [9.17, 15) is 17.6 Å². The number of hydrogen-bond acceptors (Lipinski definition) is 3. The molecule has 5 nitrogen and oxygen atoms in total. The molecule has 0 aliphatic carbocycles. The molecule has 2 aliphatic rings. The lowest BCUT2D eigenvalue weighted by molar-refractivity contribution is 0.0909. The Hall–Kier alpha value is -2.25. The van der Waals surface area contributed by atoms with Crippen molar-refractivity contribution in [3.8, 4) is 0 Å². The van der Waals surface area contributed by atoms with Crippen molar-refractivity contribution in [3.63, 3.8) is 0 Å². The summed E-state index contributed by atoms with van der Waals surface area (Å²) in [7, 11) is -3.58. The summed E-state index contributed by atoms with van der Waals surface area (Å²) in [5.74, 6) is -0.635. The zero-order valence-corrected chi connectivity index (χ0v) is 17.4. The van der Waals surface area contributed by atoms with Crippen LogP contribution in [-0.4, -0.2) is 36.8 Å². The van der Waals surface area contributed by atoms with Crippen molar-refractivity contribution in [2.75, 3.05) is 0 Å². The summed E-state index contributed by atoms with van der Waals surface area (Å²) in [6, 6.07) is 10.5. The summed E-state index contributed by atoms with van der Waals surface area (Å²) >= 11 is 0. The van der Waals surface area contributed by atoms with Crippen LogP contribution < -0.4 is 5.32 Å². The van der Waals surface area contributed by atoms with E-state index >= 15 is 0 Å². The SMILES string of the molecule is Cc1ccc(S(=O)(=O)N2[C@@H]3CC[C@H]2CC(NC(=O)c2ccc(F)cc2)C3)c(C)c1. The van der Waals surface area contributed by atoms with Crippen LogP contribution in [0.15, 0.2) is 47.4 Å². The summed E-state index contributed by atoms with van der Waals surface area (Å²) in [4.78, 5) is 12.8. The Kier molecular flexibility index (Phi) is 5.21.